The molecule has 0 amide bonds. The van der Waals surface area contributed by atoms with Gasteiger partial charge >= 0.3 is 0 Å². The number of aromatic nitrogens is 1. The molecule has 0 saturated carbocycles. The van der Waals surface area contributed by atoms with Crippen LogP contribution in [0.2, 0.25) is 0 Å². The average Bonchev–Trinajstić information content (AvgIpc) is 2.05. The van der Waals surface area contributed by atoms with E-state index in [-0.39, 0.29) is 0 Å². The second-order valence-electron chi connectivity index (χ2n) is 2.46. The second kappa shape index (κ2) is 2.84. The molecule has 0 unspecified atom stereocenters. The molecule has 62 valence electrons. The molecule has 0 aliphatic carbocycles. The molecule has 0 aromatic carbocycles. The molecule has 0 radical (unpaired) electrons. The van der Waals surface area contributed by atoms with Crippen LogP contribution >= 0.6 is 15.9 Å². The second-order valence-corrected chi connectivity index (χ2v) is 3.38. The molecular formula is C7H6BrN3O. The fourth-order valence-corrected chi connectivity index (χ4v) is 1.38. The number of fused-ring (bicyclic) bond motifs is 1. The lowest BCUT2D eigenvalue weighted by Crippen LogP contribution is -2.18. The van der Waals surface area contributed by atoms with Gasteiger partial charge in [0.2, 0.25) is 0 Å². The highest BCUT2D eigenvalue weighted by molar-refractivity contribution is 9.10. The quantitative estimate of drug-likeness (QED) is 0.729. The third-order valence-electron chi connectivity index (χ3n) is 1.59. The zero-order valence-electron chi connectivity index (χ0n) is 6.11. The monoisotopic (exact) mass is 227 g/mol. The number of hydrogen-bond donors (Lipinski definition) is 1. The van der Waals surface area contributed by atoms with Crippen LogP contribution in [0.5, 0.6) is 0 Å². The molecule has 4 nitrogen and oxygen atoms in total. The highest BCUT2D eigenvalue weighted by Gasteiger charge is 2.10. The Kier molecular flexibility index (Phi) is 1.82. The van der Waals surface area contributed by atoms with Crippen molar-refractivity contribution in [3.8, 4) is 0 Å². The number of hydrogen-bond acceptors (Lipinski definition) is 4. The first kappa shape index (κ1) is 7.70. The van der Waals surface area contributed by atoms with Crippen molar-refractivity contribution in [2.75, 3.05) is 0 Å². The molecule has 0 bridgehead atoms. The van der Waals surface area contributed by atoms with Gasteiger partial charge in [-0.05, 0) is 22.0 Å². The van der Waals surface area contributed by atoms with Crippen molar-refractivity contribution < 1.29 is 5.21 Å². The van der Waals surface area contributed by atoms with Gasteiger partial charge in [0.05, 0.1) is 11.9 Å². The number of halogens is 1. The van der Waals surface area contributed by atoms with Crippen LogP contribution in [-0.2, 0) is 6.54 Å². The van der Waals surface area contributed by atoms with Gasteiger partial charge in [-0.3, -0.25) is 10.2 Å². The zero-order valence-corrected chi connectivity index (χ0v) is 7.69. The molecule has 0 atom stereocenters. The van der Waals surface area contributed by atoms with Crippen molar-refractivity contribution in [2.24, 2.45) is 5.10 Å². The first-order chi connectivity index (χ1) is 5.75. The minimum atomic E-state index is 0.346. The molecule has 1 aromatic heterocycles. The van der Waals surface area contributed by atoms with E-state index in [4.69, 9.17) is 5.21 Å². The SMILES string of the molecule is ON1Cc2ncc(Br)cc2C=N1. The summed E-state index contributed by atoms with van der Waals surface area (Å²) in [6, 6.07) is 1.92. The van der Waals surface area contributed by atoms with Crippen LogP contribution in [0, 0.1) is 0 Å². The standard InChI is InChI=1S/C7H6BrN3O/c8-6-1-5-2-10-11(12)4-7(5)9-3-6/h1-3,12H,4H2. The molecule has 1 aliphatic rings. The van der Waals surface area contributed by atoms with Crippen LogP contribution in [0.25, 0.3) is 0 Å². The summed E-state index contributed by atoms with van der Waals surface area (Å²) in [5.41, 5.74) is 1.77. The van der Waals surface area contributed by atoms with E-state index in [9.17, 15) is 0 Å². The number of rotatable bonds is 0. The third kappa shape index (κ3) is 1.33. The lowest BCUT2D eigenvalue weighted by molar-refractivity contribution is -0.1000. The van der Waals surface area contributed by atoms with E-state index in [1.807, 2.05) is 6.07 Å². The van der Waals surface area contributed by atoms with Crippen molar-refractivity contribution in [2.45, 2.75) is 6.54 Å². The summed E-state index contributed by atoms with van der Waals surface area (Å²) in [5.74, 6) is 0. The molecule has 5 heteroatoms. The van der Waals surface area contributed by atoms with E-state index in [1.165, 1.54) is 0 Å². The molecule has 2 heterocycles. The summed E-state index contributed by atoms with van der Waals surface area (Å²) < 4.78 is 0.916. The van der Waals surface area contributed by atoms with Crippen LogP contribution in [-0.4, -0.2) is 21.6 Å². The van der Waals surface area contributed by atoms with Gasteiger partial charge in [-0.15, -0.1) is 0 Å². The van der Waals surface area contributed by atoms with E-state index in [0.717, 1.165) is 20.9 Å². The fraction of sp³-hybridized carbons (Fsp3) is 0.143. The highest BCUT2D eigenvalue weighted by atomic mass is 79.9. The van der Waals surface area contributed by atoms with Crippen LogP contribution in [0.3, 0.4) is 0 Å². The van der Waals surface area contributed by atoms with Crippen LogP contribution in [0.4, 0.5) is 0 Å². The van der Waals surface area contributed by atoms with E-state index in [2.05, 4.69) is 26.0 Å². The minimum absolute atomic E-state index is 0.346. The molecule has 2 rings (SSSR count). The molecule has 1 aliphatic heterocycles. The average molecular weight is 228 g/mol. The smallest absolute Gasteiger partial charge is 0.107 e. The summed E-state index contributed by atoms with van der Waals surface area (Å²) in [5, 5.41) is 13.6. The Balaban J connectivity index is 2.47. The normalized spacial score (nSPS) is 14.7. The summed E-state index contributed by atoms with van der Waals surface area (Å²) >= 11 is 3.31. The van der Waals surface area contributed by atoms with Gasteiger partial charge in [0.1, 0.15) is 6.54 Å². The van der Waals surface area contributed by atoms with E-state index < -0.39 is 0 Å². The van der Waals surface area contributed by atoms with Crippen molar-refractivity contribution >= 4 is 22.1 Å². The summed E-state index contributed by atoms with van der Waals surface area (Å²) in [7, 11) is 0. The van der Waals surface area contributed by atoms with Gasteiger partial charge in [0.15, 0.2) is 0 Å². The van der Waals surface area contributed by atoms with Crippen molar-refractivity contribution in [3.63, 3.8) is 0 Å². The predicted octanol–water partition coefficient (Wildman–Crippen LogP) is 1.38. The van der Waals surface area contributed by atoms with E-state index in [1.54, 1.807) is 12.4 Å². The molecule has 1 N–H and O–H groups in total. The van der Waals surface area contributed by atoms with E-state index >= 15 is 0 Å². The van der Waals surface area contributed by atoms with Crippen LogP contribution in [0.1, 0.15) is 11.3 Å². The number of nitrogens with zero attached hydrogens (tertiary/aromatic N) is 3. The third-order valence-corrected chi connectivity index (χ3v) is 2.03. The Morgan fingerprint density at radius 2 is 2.42 bits per heavy atom. The number of pyridine rings is 1. The molecule has 0 spiro atoms. The van der Waals surface area contributed by atoms with Gasteiger partial charge in [0.25, 0.3) is 0 Å². The molecule has 0 fully saturated rings. The molecule has 0 saturated heterocycles. The van der Waals surface area contributed by atoms with Gasteiger partial charge < -0.3 is 0 Å². The Bertz CT molecular complexity index is 339. The molecule has 12 heavy (non-hydrogen) atoms. The van der Waals surface area contributed by atoms with E-state index in [0.29, 0.717) is 6.54 Å². The van der Waals surface area contributed by atoms with Crippen molar-refractivity contribution in [1.82, 2.24) is 10.2 Å². The highest BCUT2D eigenvalue weighted by Crippen LogP contribution is 2.16. The Hall–Kier alpha value is -0.940. The topological polar surface area (TPSA) is 48.7 Å². The first-order valence-electron chi connectivity index (χ1n) is 3.40. The summed E-state index contributed by atoms with van der Waals surface area (Å²) in [4.78, 5) is 4.13. The van der Waals surface area contributed by atoms with Gasteiger partial charge in [-0.1, -0.05) is 0 Å². The largest absolute Gasteiger partial charge is 0.271 e. The maximum absolute atomic E-state index is 9.01. The zero-order chi connectivity index (χ0) is 8.55. The number of hydrazone groups is 1. The van der Waals surface area contributed by atoms with Gasteiger partial charge in [-0.25, -0.2) is 0 Å². The van der Waals surface area contributed by atoms with Gasteiger partial charge in [-0.2, -0.15) is 10.3 Å². The van der Waals surface area contributed by atoms with Crippen molar-refractivity contribution in [1.29, 1.82) is 0 Å². The fourth-order valence-electron chi connectivity index (χ4n) is 1.03. The Morgan fingerprint density at radius 1 is 1.58 bits per heavy atom. The predicted molar refractivity (Wildman–Crippen MR) is 46.9 cm³/mol. The summed E-state index contributed by atoms with van der Waals surface area (Å²) in [6.07, 6.45) is 3.28. The summed E-state index contributed by atoms with van der Waals surface area (Å²) in [6.45, 7) is 0.346. The van der Waals surface area contributed by atoms with Crippen LogP contribution in [0.15, 0.2) is 21.8 Å². The number of hydroxylamine groups is 1. The maximum Gasteiger partial charge on any atom is 0.107 e. The maximum atomic E-state index is 9.01. The lowest BCUT2D eigenvalue weighted by Gasteiger charge is -2.15. The van der Waals surface area contributed by atoms with Crippen molar-refractivity contribution in [3.05, 3.63) is 28.0 Å². The minimum Gasteiger partial charge on any atom is -0.271 e. The first-order valence-corrected chi connectivity index (χ1v) is 4.20. The lowest BCUT2D eigenvalue weighted by atomic mass is 10.2. The van der Waals surface area contributed by atoms with Gasteiger partial charge in [0, 0.05) is 16.2 Å². The molecule has 1 aromatic rings. The Morgan fingerprint density at radius 3 is 3.25 bits per heavy atom. The molecular weight excluding hydrogens is 222 g/mol. The van der Waals surface area contributed by atoms with Crippen LogP contribution < -0.4 is 0 Å². The Labute approximate surface area is 77.6 Å².